The average molecular weight is 519 g/mol. The van der Waals surface area contributed by atoms with Gasteiger partial charge in [0.2, 0.25) is 15.9 Å². The Morgan fingerprint density at radius 2 is 1.39 bits per heavy atom. The van der Waals surface area contributed by atoms with E-state index in [-0.39, 0.29) is 6.54 Å². The number of ether oxygens (including phenoxy) is 1. The van der Waals surface area contributed by atoms with E-state index < -0.39 is 15.9 Å². The molecule has 0 unspecified atom stereocenters. The van der Waals surface area contributed by atoms with Crippen LogP contribution >= 0.6 is 11.8 Å². The van der Waals surface area contributed by atoms with E-state index in [4.69, 9.17) is 4.74 Å². The van der Waals surface area contributed by atoms with Crippen LogP contribution in [-0.4, -0.2) is 27.1 Å². The Bertz CT molecular complexity index is 1380. The first-order valence-electron chi connectivity index (χ1n) is 11.2. The highest BCUT2D eigenvalue weighted by molar-refractivity contribution is 7.98. The summed E-state index contributed by atoms with van der Waals surface area (Å²) in [5.41, 5.74) is 2.10. The lowest BCUT2D eigenvalue weighted by atomic mass is 10.2. The van der Waals surface area contributed by atoms with Gasteiger partial charge in [0.1, 0.15) is 18.0 Å². The number of amides is 1. The second-order valence-corrected chi connectivity index (χ2v) is 11.0. The summed E-state index contributed by atoms with van der Waals surface area (Å²) < 4.78 is 31.7. The van der Waals surface area contributed by atoms with Crippen LogP contribution in [0.2, 0.25) is 0 Å². The van der Waals surface area contributed by atoms with Gasteiger partial charge in [0.05, 0.1) is 11.9 Å². The Labute approximate surface area is 216 Å². The summed E-state index contributed by atoms with van der Waals surface area (Å²) in [5.74, 6) is 1.61. The third-order valence-electron chi connectivity index (χ3n) is 5.18. The minimum atomic E-state index is -3.69. The molecule has 36 heavy (non-hydrogen) atoms. The van der Waals surface area contributed by atoms with Gasteiger partial charge in [-0.15, -0.1) is 11.8 Å². The van der Waals surface area contributed by atoms with Crippen molar-refractivity contribution in [2.75, 3.05) is 22.4 Å². The van der Waals surface area contributed by atoms with Gasteiger partial charge >= 0.3 is 0 Å². The molecule has 4 aromatic carbocycles. The highest BCUT2D eigenvalue weighted by atomic mass is 32.2. The van der Waals surface area contributed by atoms with Crippen molar-refractivity contribution in [3.8, 4) is 11.5 Å². The average Bonchev–Trinajstić information content (AvgIpc) is 2.88. The minimum absolute atomic E-state index is 0.344. The van der Waals surface area contributed by atoms with Crippen molar-refractivity contribution in [1.82, 2.24) is 0 Å². The maximum absolute atomic E-state index is 12.7. The molecule has 0 aliphatic rings. The first kappa shape index (κ1) is 25.3. The fourth-order valence-corrected chi connectivity index (χ4v) is 5.14. The van der Waals surface area contributed by atoms with E-state index in [0.29, 0.717) is 22.9 Å². The molecule has 6 nitrogen and oxygen atoms in total. The molecule has 0 fully saturated rings. The molecule has 184 valence electrons. The molecule has 0 bridgehead atoms. The number of nitrogens with zero attached hydrogens (tertiary/aromatic N) is 1. The zero-order valence-corrected chi connectivity index (χ0v) is 21.3. The molecule has 0 aromatic heterocycles. The Kier molecular flexibility index (Phi) is 8.30. The lowest BCUT2D eigenvalue weighted by molar-refractivity contribution is -0.114. The van der Waals surface area contributed by atoms with Crippen LogP contribution in [0.5, 0.6) is 11.5 Å². The topological polar surface area (TPSA) is 75.7 Å². The first-order chi connectivity index (χ1) is 17.4. The summed E-state index contributed by atoms with van der Waals surface area (Å²) in [4.78, 5) is 13.9. The van der Waals surface area contributed by atoms with Crippen molar-refractivity contribution in [2.24, 2.45) is 0 Å². The second-order valence-electron chi connectivity index (χ2n) is 8.03. The maximum atomic E-state index is 12.7. The monoisotopic (exact) mass is 518 g/mol. The van der Waals surface area contributed by atoms with Crippen molar-refractivity contribution in [1.29, 1.82) is 0 Å². The van der Waals surface area contributed by atoms with E-state index in [0.717, 1.165) is 21.9 Å². The van der Waals surface area contributed by atoms with Crippen LogP contribution in [0.15, 0.2) is 114 Å². The summed E-state index contributed by atoms with van der Waals surface area (Å²) in [6.07, 6.45) is 1.08. The van der Waals surface area contributed by atoms with Crippen LogP contribution in [-0.2, 0) is 20.6 Å². The molecular weight excluding hydrogens is 492 g/mol. The maximum Gasteiger partial charge on any atom is 0.245 e. The van der Waals surface area contributed by atoms with Crippen LogP contribution in [0.3, 0.4) is 0 Å². The largest absolute Gasteiger partial charge is 0.457 e. The number of thioether (sulfide) groups is 1. The van der Waals surface area contributed by atoms with Crippen LogP contribution < -0.4 is 14.4 Å². The molecule has 0 aliphatic carbocycles. The second kappa shape index (κ2) is 11.8. The first-order valence-corrected chi connectivity index (χ1v) is 14.1. The standard InChI is InChI=1S/C28H26N2O4S2/c1-36(32,33)30(24-16-18-26(19-17-24)34-25-8-4-2-5-9-25)20-28(31)29-23-14-12-22(13-15-23)21-35-27-10-6-3-7-11-27/h2-19H,20-21H2,1H3,(H,29,31). The third-order valence-corrected chi connectivity index (χ3v) is 7.40. The molecule has 0 spiro atoms. The molecule has 4 rings (SSSR count). The van der Waals surface area contributed by atoms with E-state index in [2.05, 4.69) is 17.4 Å². The number of rotatable bonds is 10. The Balaban J connectivity index is 1.36. The quantitative estimate of drug-likeness (QED) is 0.254. The zero-order chi connectivity index (χ0) is 25.4. The Morgan fingerprint density at radius 1 is 0.806 bits per heavy atom. The highest BCUT2D eigenvalue weighted by Gasteiger charge is 2.21. The molecule has 0 radical (unpaired) electrons. The van der Waals surface area contributed by atoms with Crippen LogP contribution in [0.25, 0.3) is 0 Å². The normalized spacial score (nSPS) is 11.0. The van der Waals surface area contributed by atoms with Gasteiger partial charge in [0, 0.05) is 16.3 Å². The summed E-state index contributed by atoms with van der Waals surface area (Å²) in [7, 11) is -3.69. The number of hydrogen-bond acceptors (Lipinski definition) is 5. The molecule has 0 aliphatic heterocycles. The molecule has 1 amide bonds. The molecule has 0 heterocycles. The molecule has 1 N–H and O–H groups in total. The molecule has 8 heteroatoms. The fraction of sp³-hybridized carbons (Fsp3) is 0.107. The van der Waals surface area contributed by atoms with Crippen molar-refractivity contribution < 1.29 is 17.9 Å². The number of anilines is 2. The zero-order valence-electron chi connectivity index (χ0n) is 19.7. The predicted octanol–water partition coefficient (Wildman–Crippen LogP) is 6.18. The highest BCUT2D eigenvalue weighted by Crippen LogP contribution is 2.26. The van der Waals surface area contributed by atoms with E-state index in [1.54, 1.807) is 36.0 Å². The number of nitrogens with one attached hydrogen (secondary N) is 1. The summed E-state index contributed by atoms with van der Waals surface area (Å²) in [6.45, 7) is -0.344. The van der Waals surface area contributed by atoms with Gasteiger partial charge in [0.25, 0.3) is 0 Å². The predicted molar refractivity (Wildman–Crippen MR) is 146 cm³/mol. The smallest absolute Gasteiger partial charge is 0.245 e. The van der Waals surface area contributed by atoms with Gasteiger partial charge in [-0.25, -0.2) is 8.42 Å². The van der Waals surface area contributed by atoms with Crippen LogP contribution in [0, 0.1) is 0 Å². The molecule has 4 aromatic rings. The Hall–Kier alpha value is -3.75. The summed E-state index contributed by atoms with van der Waals surface area (Å²) in [5, 5.41) is 2.78. The van der Waals surface area contributed by atoms with Crippen LogP contribution in [0.1, 0.15) is 5.56 Å². The van der Waals surface area contributed by atoms with E-state index >= 15 is 0 Å². The van der Waals surface area contributed by atoms with Crippen molar-refractivity contribution in [3.63, 3.8) is 0 Å². The van der Waals surface area contributed by atoms with E-state index in [1.807, 2.05) is 72.8 Å². The third kappa shape index (κ3) is 7.37. The number of sulfonamides is 1. The van der Waals surface area contributed by atoms with Gasteiger partial charge in [0.15, 0.2) is 0 Å². The number of carbonyl (C=O) groups excluding carboxylic acids is 1. The minimum Gasteiger partial charge on any atom is -0.457 e. The Morgan fingerprint density at radius 3 is 2.00 bits per heavy atom. The van der Waals surface area contributed by atoms with E-state index in [1.165, 1.54) is 4.90 Å². The lowest BCUT2D eigenvalue weighted by Gasteiger charge is -2.22. The number of hydrogen-bond donors (Lipinski definition) is 1. The van der Waals surface area contributed by atoms with Gasteiger partial charge in [-0.05, 0) is 66.2 Å². The lowest BCUT2D eigenvalue weighted by Crippen LogP contribution is -2.37. The van der Waals surface area contributed by atoms with Gasteiger partial charge in [-0.2, -0.15) is 0 Å². The van der Waals surface area contributed by atoms with Gasteiger partial charge < -0.3 is 10.1 Å². The molecule has 0 atom stereocenters. The van der Waals surface area contributed by atoms with Gasteiger partial charge in [-0.1, -0.05) is 48.5 Å². The van der Waals surface area contributed by atoms with Crippen LogP contribution in [0.4, 0.5) is 11.4 Å². The van der Waals surface area contributed by atoms with E-state index in [9.17, 15) is 13.2 Å². The number of carbonyl (C=O) groups is 1. The van der Waals surface area contributed by atoms with Crippen molar-refractivity contribution in [3.05, 3.63) is 115 Å². The van der Waals surface area contributed by atoms with Gasteiger partial charge in [-0.3, -0.25) is 9.10 Å². The van der Waals surface area contributed by atoms with Crippen molar-refractivity contribution in [2.45, 2.75) is 10.6 Å². The summed E-state index contributed by atoms with van der Waals surface area (Å²) >= 11 is 1.73. The number of benzene rings is 4. The fourth-order valence-electron chi connectivity index (χ4n) is 3.40. The SMILES string of the molecule is CS(=O)(=O)N(CC(=O)Nc1ccc(CSc2ccccc2)cc1)c1ccc(Oc2ccccc2)cc1. The summed E-state index contributed by atoms with van der Waals surface area (Å²) in [6, 6.07) is 33.5. The molecular formula is C28H26N2O4S2. The molecule has 0 saturated carbocycles. The number of para-hydroxylation sites is 1. The molecule has 0 saturated heterocycles. The van der Waals surface area contributed by atoms with Crippen molar-refractivity contribution >= 4 is 39.1 Å².